The fraction of sp³-hybridized carbons (Fsp3) is 0.350. The van der Waals surface area contributed by atoms with Crippen LogP contribution < -0.4 is 15.4 Å². The van der Waals surface area contributed by atoms with Crippen molar-refractivity contribution in [3.05, 3.63) is 54.1 Å². The quantitative estimate of drug-likeness (QED) is 0.405. The van der Waals surface area contributed by atoms with Crippen LogP contribution in [0.1, 0.15) is 18.1 Å². The van der Waals surface area contributed by atoms with E-state index < -0.39 is 10.4 Å². The van der Waals surface area contributed by atoms with E-state index in [1.807, 2.05) is 24.3 Å². The highest BCUT2D eigenvalue weighted by molar-refractivity contribution is 7.99. The Morgan fingerprint density at radius 2 is 1.96 bits per heavy atom. The highest BCUT2D eigenvalue weighted by Gasteiger charge is 2.51. The molecule has 0 heterocycles. The number of alkyl halides is 2. The number of urea groups is 1. The summed E-state index contributed by atoms with van der Waals surface area (Å²) in [5.41, 5.74) is 1.41. The summed E-state index contributed by atoms with van der Waals surface area (Å²) in [6, 6.07) is 14.2. The number of aliphatic hydroxyl groups excluding tert-OH is 1. The maximum Gasteiger partial charge on any atom is 0.319 e. The number of aliphatic hydroxyl groups is 1. The van der Waals surface area contributed by atoms with Crippen LogP contribution in [0, 0.1) is 5.92 Å². The van der Waals surface area contributed by atoms with Gasteiger partial charge in [0.2, 0.25) is 0 Å². The summed E-state index contributed by atoms with van der Waals surface area (Å²) in [7, 11) is 1.58. The number of anilines is 1. The van der Waals surface area contributed by atoms with Crippen molar-refractivity contribution >= 4 is 46.7 Å². The number of carbonyl (C=O) groups is 1. The van der Waals surface area contributed by atoms with Crippen LogP contribution >= 0.6 is 35.0 Å². The third-order valence-electron chi connectivity index (χ3n) is 4.49. The van der Waals surface area contributed by atoms with Crippen molar-refractivity contribution in [3.8, 4) is 5.75 Å². The van der Waals surface area contributed by atoms with Gasteiger partial charge in [0.05, 0.1) is 18.9 Å². The lowest BCUT2D eigenvalue weighted by molar-refractivity contribution is 0.175. The van der Waals surface area contributed by atoms with Gasteiger partial charge in [-0.3, -0.25) is 0 Å². The minimum Gasteiger partial charge on any atom is -0.497 e. The molecule has 1 aliphatic rings. The van der Waals surface area contributed by atoms with E-state index in [9.17, 15) is 9.90 Å². The number of benzene rings is 2. The predicted molar refractivity (Wildman–Crippen MR) is 115 cm³/mol. The van der Waals surface area contributed by atoms with Crippen LogP contribution in [0.3, 0.4) is 0 Å². The van der Waals surface area contributed by atoms with Gasteiger partial charge in [0.1, 0.15) is 10.1 Å². The molecule has 1 saturated carbocycles. The van der Waals surface area contributed by atoms with E-state index in [1.54, 1.807) is 43.1 Å². The minimum absolute atomic E-state index is 0.0938. The number of halogens is 2. The Morgan fingerprint density at radius 1 is 1.29 bits per heavy atom. The van der Waals surface area contributed by atoms with Crippen LogP contribution in [0.2, 0.25) is 0 Å². The van der Waals surface area contributed by atoms with Crippen LogP contribution in [0.5, 0.6) is 5.75 Å². The molecule has 2 atom stereocenters. The predicted octanol–water partition coefficient (Wildman–Crippen LogP) is 4.84. The number of para-hydroxylation sites is 1. The van der Waals surface area contributed by atoms with E-state index in [0.29, 0.717) is 17.0 Å². The molecule has 2 amide bonds. The number of ether oxygens (including phenoxy) is 1. The molecule has 5 nitrogen and oxygen atoms in total. The van der Waals surface area contributed by atoms with Gasteiger partial charge in [0, 0.05) is 23.1 Å². The number of thioether (sulfide) groups is 1. The largest absolute Gasteiger partial charge is 0.497 e. The number of hydrogen-bond donors (Lipinski definition) is 3. The fourth-order valence-electron chi connectivity index (χ4n) is 2.64. The molecule has 0 radical (unpaired) electrons. The average Bonchev–Trinajstić information content (AvgIpc) is 3.32. The molecule has 0 aromatic heterocycles. The molecule has 2 aromatic rings. The lowest BCUT2D eigenvalue weighted by atomic mass is 10.1. The molecule has 1 fully saturated rings. The maximum absolute atomic E-state index is 12.2. The Bertz CT molecular complexity index is 817. The van der Waals surface area contributed by atoms with Crippen molar-refractivity contribution in [2.24, 2.45) is 5.92 Å². The van der Waals surface area contributed by atoms with Gasteiger partial charge in [0.15, 0.2) is 0 Å². The lowest BCUT2D eigenvalue weighted by Gasteiger charge is -2.15. The molecule has 8 heteroatoms. The molecule has 2 unspecified atom stereocenters. The standard InChI is InChI=1S/C20H22Cl2N2O3S/c1-27-15-8-6-13(7-9-15)17(25)11-23-19(26)24-16-4-2-3-5-18(16)28-12-14-10-20(14,21)22/h2-9,14,17,25H,10-12H2,1H3,(H2,23,24,26). The fourth-order valence-corrected chi connectivity index (χ4v) is 4.58. The number of nitrogens with one attached hydrogen (secondary N) is 2. The monoisotopic (exact) mass is 440 g/mol. The summed E-state index contributed by atoms with van der Waals surface area (Å²) in [6.45, 7) is 0.0938. The molecule has 2 aromatic carbocycles. The van der Waals surface area contributed by atoms with Crippen molar-refractivity contribution in [1.82, 2.24) is 5.32 Å². The van der Waals surface area contributed by atoms with Gasteiger partial charge < -0.3 is 20.5 Å². The zero-order chi connectivity index (χ0) is 20.1. The Labute approximate surface area is 178 Å². The second-order valence-corrected chi connectivity index (χ2v) is 9.20. The Balaban J connectivity index is 1.50. The lowest BCUT2D eigenvalue weighted by Crippen LogP contribution is -2.32. The topological polar surface area (TPSA) is 70.6 Å². The third kappa shape index (κ3) is 5.70. The van der Waals surface area contributed by atoms with E-state index in [0.717, 1.165) is 17.1 Å². The van der Waals surface area contributed by atoms with Gasteiger partial charge in [-0.2, -0.15) is 0 Å². The van der Waals surface area contributed by atoms with Gasteiger partial charge in [-0.25, -0.2) is 4.79 Å². The van der Waals surface area contributed by atoms with Gasteiger partial charge in [-0.05, 0) is 36.2 Å². The zero-order valence-electron chi connectivity index (χ0n) is 15.3. The van der Waals surface area contributed by atoms with Crippen molar-refractivity contribution in [2.45, 2.75) is 21.8 Å². The second-order valence-electron chi connectivity index (χ2n) is 6.59. The summed E-state index contributed by atoms with van der Waals surface area (Å²) in [5, 5.41) is 15.8. The smallest absolute Gasteiger partial charge is 0.319 e. The first-order valence-corrected chi connectivity index (χ1v) is 10.6. The highest BCUT2D eigenvalue weighted by Crippen LogP contribution is 2.55. The summed E-state index contributed by atoms with van der Waals surface area (Å²) in [6.07, 6.45) is -0.0145. The van der Waals surface area contributed by atoms with E-state index in [4.69, 9.17) is 27.9 Å². The first-order valence-electron chi connectivity index (χ1n) is 8.85. The van der Waals surface area contributed by atoms with Crippen LogP contribution in [0.15, 0.2) is 53.4 Å². The Kier molecular flexibility index (Phi) is 6.99. The average molecular weight is 441 g/mol. The van der Waals surface area contributed by atoms with E-state index in [1.165, 1.54) is 0 Å². The summed E-state index contributed by atoms with van der Waals surface area (Å²) in [5.74, 6) is 1.77. The molecule has 1 aliphatic carbocycles. The van der Waals surface area contributed by atoms with E-state index >= 15 is 0 Å². The number of carbonyl (C=O) groups excluding carboxylic acids is 1. The minimum atomic E-state index is -0.809. The Hall–Kier alpha value is -1.60. The number of methoxy groups -OCH3 is 1. The molecule has 150 valence electrons. The van der Waals surface area contributed by atoms with Crippen molar-refractivity contribution in [3.63, 3.8) is 0 Å². The number of rotatable bonds is 8. The maximum atomic E-state index is 12.2. The summed E-state index contributed by atoms with van der Waals surface area (Å²) < 4.78 is 4.49. The van der Waals surface area contributed by atoms with Crippen molar-refractivity contribution in [2.75, 3.05) is 24.7 Å². The number of amides is 2. The normalized spacial score (nSPS) is 18.2. The first-order chi connectivity index (χ1) is 13.4. The van der Waals surface area contributed by atoms with Crippen molar-refractivity contribution < 1.29 is 14.6 Å². The van der Waals surface area contributed by atoms with E-state index in [-0.39, 0.29) is 18.5 Å². The van der Waals surface area contributed by atoms with Gasteiger partial charge in [-0.1, -0.05) is 24.3 Å². The summed E-state index contributed by atoms with van der Waals surface area (Å²) in [4.78, 5) is 13.2. The Morgan fingerprint density at radius 3 is 2.61 bits per heavy atom. The molecule has 0 aliphatic heterocycles. The third-order valence-corrected chi connectivity index (χ3v) is 6.65. The van der Waals surface area contributed by atoms with Crippen LogP contribution in [-0.4, -0.2) is 34.9 Å². The molecule has 0 saturated heterocycles. The van der Waals surface area contributed by atoms with Crippen LogP contribution in [0.25, 0.3) is 0 Å². The van der Waals surface area contributed by atoms with Crippen molar-refractivity contribution in [1.29, 1.82) is 0 Å². The molecular weight excluding hydrogens is 419 g/mol. The number of hydrogen-bond acceptors (Lipinski definition) is 4. The van der Waals surface area contributed by atoms with Gasteiger partial charge >= 0.3 is 6.03 Å². The molecule has 28 heavy (non-hydrogen) atoms. The molecular formula is C20H22Cl2N2O3S. The zero-order valence-corrected chi connectivity index (χ0v) is 17.7. The van der Waals surface area contributed by atoms with Crippen LogP contribution in [0.4, 0.5) is 10.5 Å². The molecule has 3 N–H and O–H groups in total. The summed E-state index contributed by atoms with van der Waals surface area (Å²) >= 11 is 13.8. The van der Waals surface area contributed by atoms with Crippen LogP contribution in [-0.2, 0) is 0 Å². The molecule has 0 spiro atoms. The van der Waals surface area contributed by atoms with E-state index in [2.05, 4.69) is 10.6 Å². The van der Waals surface area contributed by atoms with Gasteiger partial charge in [0.25, 0.3) is 0 Å². The molecule has 0 bridgehead atoms. The first kappa shape index (κ1) is 21.1. The van der Waals surface area contributed by atoms with Gasteiger partial charge in [-0.15, -0.1) is 35.0 Å². The molecule has 3 rings (SSSR count). The SMILES string of the molecule is COc1ccc(C(O)CNC(=O)Nc2ccccc2SCC2CC2(Cl)Cl)cc1. The second kappa shape index (κ2) is 9.27. The highest BCUT2D eigenvalue weighted by atomic mass is 35.5.